The Morgan fingerprint density at radius 3 is 2.56 bits per heavy atom. The Hall–Kier alpha value is -2.29. The van der Waals surface area contributed by atoms with Gasteiger partial charge in [-0.05, 0) is 55.7 Å². The van der Waals surface area contributed by atoms with Gasteiger partial charge >= 0.3 is 0 Å². The molecule has 0 spiro atoms. The van der Waals surface area contributed by atoms with Crippen LogP contribution in [0.15, 0.2) is 30.3 Å². The summed E-state index contributed by atoms with van der Waals surface area (Å²) in [7, 11) is -3.13. The monoisotopic (exact) mass is 468 g/mol. The molecule has 1 aliphatic carbocycles. The molecule has 32 heavy (non-hydrogen) atoms. The lowest BCUT2D eigenvalue weighted by Crippen LogP contribution is -2.42. The number of nitrogens with zero attached hydrogens (tertiary/aromatic N) is 3. The van der Waals surface area contributed by atoms with Crippen LogP contribution in [0.4, 0.5) is 5.82 Å². The van der Waals surface area contributed by atoms with Gasteiger partial charge in [0.2, 0.25) is 10.0 Å². The van der Waals surface area contributed by atoms with Crippen LogP contribution in [-0.2, 0) is 22.9 Å². The summed E-state index contributed by atoms with van der Waals surface area (Å²) in [5.74, 6) is 1.61. The smallest absolute Gasteiger partial charge is 0.211 e. The van der Waals surface area contributed by atoms with E-state index < -0.39 is 10.0 Å². The molecule has 3 heterocycles. The lowest BCUT2D eigenvalue weighted by molar-refractivity contribution is 0.331. The summed E-state index contributed by atoms with van der Waals surface area (Å²) in [6.07, 6.45) is 11.5. The first kappa shape index (κ1) is 21.6. The summed E-state index contributed by atoms with van der Waals surface area (Å²) in [6, 6.07) is 10.4. The van der Waals surface area contributed by atoms with Crippen molar-refractivity contribution in [2.45, 2.75) is 44.6 Å². The fourth-order valence-corrected chi connectivity index (χ4v) is 6.76. The van der Waals surface area contributed by atoms with Crippen molar-refractivity contribution in [3.8, 4) is 0 Å². The molecule has 5 rings (SSSR count). The van der Waals surface area contributed by atoms with Crippen LogP contribution in [0.5, 0.6) is 0 Å². The molecule has 2 aliphatic rings. The summed E-state index contributed by atoms with van der Waals surface area (Å²) in [4.78, 5) is 12.3. The maximum atomic E-state index is 11.9. The molecule has 3 aromatic rings. The van der Waals surface area contributed by atoms with Crippen molar-refractivity contribution >= 4 is 49.5 Å². The van der Waals surface area contributed by atoms with E-state index in [9.17, 15) is 8.42 Å². The van der Waals surface area contributed by atoms with E-state index >= 15 is 0 Å². The van der Waals surface area contributed by atoms with Crippen molar-refractivity contribution in [2.75, 3.05) is 24.7 Å². The Morgan fingerprint density at radius 2 is 1.81 bits per heavy atom. The highest BCUT2D eigenvalue weighted by atomic mass is 32.2. The van der Waals surface area contributed by atoms with E-state index in [1.165, 1.54) is 34.9 Å². The number of fused-ring (bicyclic) bond motifs is 3. The summed E-state index contributed by atoms with van der Waals surface area (Å²) in [6.45, 7) is 1.10. The van der Waals surface area contributed by atoms with Crippen LogP contribution in [0.3, 0.4) is 0 Å². The minimum Gasteiger partial charge on any atom is -0.367 e. The predicted octanol–water partition coefficient (Wildman–Crippen LogP) is 4.58. The van der Waals surface area contributed by atoms with E-state index in [1.807, 2.05) is 30.4 Å². The van der Waals surface area contributed by atoms with Crippen molar-refractivity contribution in [1.82, 2.24) is 14.3 Å². The Balaban J connectivity index is 1.47. The average Bonchev–Trinajstić information content (AvgIpc) is 3.17. The Kier molecular flexibility index (Phi) is 6.01. The Labute approximate surface area is 193 Å². The molecule has 1 saturated heterocycles. The van der Waals surface area contributed by atoms with Crippen LogP contribution in [0, 0.1) is 0 Å². The van der Waals surface area contributed by atoms with Crippen molar-refractivity contribution in [2.24, 2.45) is 0 Å². The molecule has 0 bridgehead atoms. The second kappa shape index (κ2) is 8.92. The van der Waals surface area contributed by atoms with Crippen LogP contribution in [-0.4, -0.2) is 48.1 Å². The number of aryl methyl sites for hydroxylation is 2. The summed E-state index contributed by atoms with van der Waals surface area (Å²) < 4.78 is 25.3. The van der Waals surface area contributed by atoms with E-state index in [0.29, 0.717) is 18.9 Å². The number of benzene rings is 1. The quantitative estimate of drug-likeness (QED) is 0.593. The lowest BCUT2D eigenvalue weighted by atomic mass is 9.96. The molecule has 6 nitrogen and oxygen atoms in total. The molecule has 0 atom stereocenters. The highest BCUT2D eigenvalue weighted by Crippen LogP contribution is 2.39. The highest BCUT2D eigenvalue weighted by Gasteiger charge is 2.27. The van der Waals surface area contributed by atoms with E-state index in [-0.39, 0.29) is 6.04 Å². The SMILES string of the molecule is CS(=O)(=O)N1CCC(Nc2nc(C=Cc3ccccc3)nc3sc4c(c23)CCCC4)CC1. The average molecular weight is 469 g/mol. The van der Waals surface area contributed by atoms with Gasteiger partial charge < -0.3 is 5.32 Å². The molecule has 1 aromatic carbocycles. The maximum Gasteiger partial charge on any atom is 0.211 e. The minimum atomic E-state index is -3.13. The molecule has 1 N–H and O–H groups in total. The number of nitrogens with one attached hydrogen (secondary N) is 1. The van der Waals surface area contributed by atoms with Crippen LogP contribution in [0.1, 0.15) is 47.5 Å². The second-order valence-electron chi connectivity index (χ2n) is 8.65. The van der Waals surface area contributed by atoms with Crippen molar-refractivity contribution in [3.05, 3.63) is 52.2 Å². The van der Waals surface area contributed by atoms with Gasteiger partial charge in [-0.15, -0.1) is 11.3 Å². The van der Waals surface area contributed by atoms with E-state index in [2.05, 4.69) is 17.4 Å². The van der Waals surface area contributed by atoms with Gasteiger partial charge in [0.1, 0.15) is 10.6 Å². The zero-order chi connectivity index (χ0) is 22.1. The second-order valence-corrected chi connectivity index (χ2v) is 11.7. The van der Waals surface area contributed by atoms with Crippen LogP contribution in [0.25, 0.3) is 22.4 Å². The summed E-state index contributed by atoms with van der Waals surface area (Å²) >= 11 is 1.80. The third kappa shape index (κ3) is 4.58. The molecule has 0 amide bonds. The number of piperidine rings is 1. The molecule has 8 heteroatoms. The van der Waals surface area contributed by atoms with Gasteiger partial charge in [0, 0.05) is 24.0 Å². The number of rotatable bonds is 5. The number of sulfonamides is 1. The van der Waals surface area contributed by atoms with E-state index in [1.54, 1.807) is 15.6 Å². The van der Waals surface area contributed by atoms with Gasteiger partial charge in [0.15, 0.2) is 5.82 Å². The van der Waals surface area contributed by atoms with Crippen molar-refractivity contribution in [1.29, 1.82) is 0 Å². The van der Waals surface area contributed by atoms with Gasteiger partial charge in [-0.2, -0.15) is 0 Å². The first-order valence-corrected chi connectivity index (χ1v) is 13.9. The number of hydrogen-bond acceptors (Lipinski definition) is 6. The fourth-order valence-electron chi connectivity index (χ4n) is 4.61. The molecule has 168 valence electrons. The molecule has 2 aromatic heterocycles. The fraction of sp³-hybridized carbons (Fsp3) is 0.417. The number of anilines is 1. The largest absolute Gasteiger partial charge is 0.367 e. The number of aromatic nitrogens is 2. The highest BCUT2D eigenvalue weighted by molar-refractivity contribution is 7.88. The van der Waals surface area contributed by atoms with Gasteiger partial charge in [0.05, 0.1) is 11.6 Å². The van der Waals surface area contributed by atoms with Gasteiger partial charge in [0.25, 0.3) is 0 Å². The minimum absolute atomic E-state index is 0.205. The third-order valence-electron chi connectivity index (χ3n) is 6.32. The molecule has 0 saturated carbocycles. The molecule has 0 radical (unpaired) electrons. The van der Waals surface area contributed by atoms with Gasteiger partial charge in [-0.3, -0.25) is 0 Å². The molecule has 1 aliphatic heterocycles. The number of hydrogen-bond donors (Lipinski definition) is 1. The molecular weight excluding hydrogens is 440 g/mol. The molecular formula is C24H28N4O2S2. The summed E-state index contributed by atoms with van der Waals surface area (Å²) in [5.41, 5.74) is 2.52. The van der Waals surface area contributed by atoms with E-state index in [0.717, 1.165) is 41.9 Å². The van der Waals surface area contributed by atoms with Crippen molar-refractivity contribution < 1.29 is 8.42 Å². The molecule has 1 fully saturated rings. The standard InChI is InChI=1S/C24H28N4O2S2/c1-32(29,30)28-15-13-18(14-16-28)25-23-22-19-9-5-6-10-20(19)31-24(22)27-21(26-23)12-11-17-7-3-2-4-8-17/h2-4,7-8,11-12,18H,5-6,9-10,13-16H2,1H3,(H,25,26,27). The van der Waals surface area contributed by atoms with Crippen molar-refractivity contribution in [3.63, 3.8) is 0 Å². The van der Waals surface area contributed by atoms with Gasteiger partial charge in [-0.25, -0.2) is 22.7 Å². The maximum absolute atomic E-state index is 11.9. The predicted molar refractivity (Wildman–Crippen MR) is 132 cm³/mol. The normalized spacial score (nSPS) is 18.3. The Morgan fingerprint density at radius 1 is 1.06 bits per heavy atom. The van der Waals surface area contributed by atoms with E-state index in [4.69, 9.17) is 9.97 Å². The van der Waals surface area contributed by atoms with Crippen LogP contribution in [0.2, 0.25) is 0 Å². The zero-order valence-corrected chi connectivity index (χ0v) is 19.9. The Bertz CT molecular complexity index is 1240. The van der Waals surface area contributed by atoms with Crippen LogP contribution < -0.4 is 5.32 Å². The number of thiophene rings is 1. The first-order valence-electron chi connectivity index (χ1n) is 11.2. The lowest BCUT2D eigenvalue weighted by Gasteiger charge is -2.31. The zero-order valence-electron chi connectivity index (χ0n) is 18.3. The topological polar surface area (TPSA) is 75.2 Å². The first-order chi connectivity index (χ1) is 15.5. The molecule has 0 unspecified atom stereocenters. The summed E-state index contributed by atoms with van der Waals surface area (Å²) in [5, 5.41) is 4.84. The van der Waals surface area contributed by atoms with Gasteiger partial charge in [-0.1, -0.05) is 36.4 Å². The van der Waals surface area contributed by atoms with Crippen LogP contribution >= 0.6 is 11.3 Å². The third-order valence-corrected chi connectivity index (χ3v) is 8.81.